The van der Waals surface area contributed by atoms with Crippen molar-refractivity contribution in [3.05, 3.63) is 331 Å². The van der Waals surface area contributed by atoms with Crippen molar-refractivity contribution < 1.29 is 23.7 Å². The molecule has 5 aliphatic heterocycles. The largest absolute Gasteiger partial charge is 0.458 e. The lowest BCUT2D eigenvalue weighted by atomic mass is 9.34. The van der Waals surface area contributed by atoms with Gasteiger partial charge in [0.25, 0.3) is 13.4 Å². The van der Waals surface area contributed by atoms with Gasteiger partial charge < -0.3 is 28.1 Å². The van der Waals surface area contributed by atoms with E-state index in [4.69, 9.17) is 23.7 Å². The fourth-order valence-corrected chi connectivity index (χ4v) is 22.6. The molecule has 0 N–H and O–H groups in total. The van der Waals surface area contributed by atoms with Crippen LogP contribution in [-0.4, -0.2) is 17.8 Å². The van der Waals surface area contributed by atoms with E-state index in [0.717, 1.165) is 79.3 Å². The van der Waals surface area contributed by atoms with Crippen molar-refractivity contribution in [1.29, 1.82) is 0 Å². The van der Waals surface area contributed by atoms with Gasteiger partial charge in [-0.25, -0.2) is 0 Å². The third kappa shape index (κ3) is 14.4. The average Bonchev–Trinajstić information content (AvgIpc) is 1.69. The normalized spacial score (nSPS) is 13.3. The molecule has 5 aliphatic rings. The van der Waals surface area contributed by atoms with E-state index < -0.39 is 0 Å². The molecular formula is C114H103B2NO5S3. The zero-order chi connectivity index (χ0) is 86.7. The first-order chi connectivity index (χ1) is 59.8. The predicted molar refractivity (Wildman–Crippen MR) is 540 cm³/mol. The summed E-state index contributed by atoms with van der Waals surface area (Å²) < 4.78 is 42.2. The molecule has 25 rings (SSSR count). The van der Waals surface area contributed by atoms with Gasteiger partial charge in [-0.3, -0.25) is 0 Å². The maximum absolute atomic E-state index is 6.33. The molecule has 0 saturated carbocycles. The number of rotatable bonds is 0. The highest BCUT2D eigenvalue weighted by Crippen LogP contribution is 2.49. The summed E-state index contributed by atoms with van der Waals surface area (Å²) in [5.74, 6) is 8.99. The van der Waals surface area contributed by atoms with Crippen molar-refractivity contribution in [1.82, 2.24) is 4.40 Å². The smallest absolute Gasteiger partial charge is 0.270 e. The lowest BCUT2D eigenvalue weighted by Crippen LogP contribution is -2.59. The van der Waals surface area contributed by atoms with Gasteiger partial charge in [-0.05, 0) is 192 Å². The van der Waals surface area contributed by atoms with Crippen LogP contribution in [-0.2, 0) is 32.5 Å². The second-order valence-corrected chi connectivity index (χ2v) is 43.4. The van der Waals surface area contributed by atoms with Gasteiger partial charge in [0.05, 0.1) is 16.6 Å². The van der Waals surface area contributed by atoms with Crippen molar-refractivity contribution in [3.63, 3.8) is 0 Å². The first-order valence-corrected chi connectivity index (χ1v) is 46.3. The van der Waals surface area contributed by atoms with Crippen molar-refractivity contribution in [3.8, 4) is 57.5 Å². The molecule has 0 fully saturated rings. The van der Waals surface area contributed by atoms with Crippen LogP contribution in [0.1, 0.15) is 158 Å². The Morgan fingerprint density at radius 1 is 0.224 bits per heavy atom. The first kappa shape index (κ1) is 81.2. The second kappa shape index (κ2) is 30.4. The summed E-state index contributed by atoms with van der Waals surface area (Å²) in [5, 5.41) is 13.9. The van der Waals surface area contributed by atoms with E-state index in [-0.39, 0.29) is 45.9 Å². The first-order valence-electron chi connectivity index (χ1n) is 43.9. The minimum Gasteiger partial charge on any atom is -0.458 e. The highest BCUT2D eigenvalue weighted by Gasteiger charge is 2.47. The number of nitrogens with zero attached hydrogens (tertiary/aromatic N) is 1. The SMILES string of the molecule is CC(C)(C)c1cc2c3c(c1)Oc1cccc4c1B3c1c(cccc1O2)O4.CC(C)(C)c1cc2c3c(c1)Oc1ccccc1B3c1ccccc1O2.CC(C)(C)c1cc2c3ccccc3n3c4ccccc4c(c1)c23.CC(C)(C)c1ccc2c(c1)sc1ccccc12.CC(C)(C)c1cccc2c1sc1ccccc12.CC(C)(C)c1cccc2sc3ccccc3c12. The van der Waals surface area contributed by atoms with Gasteiger partial charge in [0, 0.05) is 104 Å². The summed E-state index contributed by atoms with van der Waals surface area (Å²) in [5.41, 5.74) is 19.8. The fourth-order valence-electron chi connectivity index (χ4n) is 18.9. The molecule has 0 atom stereocenters. The number of hydrogen-bond donors (Lipinski definition) is 0. The lowest BCUT2D eigenvalue weighted by molar-refractivity contribution is 0.439. The molecule has 0 bridgehead atoms. The van der Waals surface area contributed by atoms with E-state index in [1.54, 1.807) is 0 Å². The summed E-state index contributed by atoms with van der Waals surface area (Å²) in [6.45, 7) is 40.9. The number of thiophene rings is 3. The molecule has 11 heteroatoms. The molecule has 0 saturated heterocycles. The Hall–Kier alpha value is -12.1. The number of aromatic nitrogens is 1. The van der Waals surface area contributed by atoms with Gasteiger partial charge in [-0.15, -0.1) is 34.0 Å². The number of para-hydroxylation sites is 4. The summed E-state index contributed by atoms with van der Waals surface area (Å²) in [6, 6.07) is 106. The predicted octanol–water partition coefficient (Wildman–Crippen LogP) is 29.7. The van der Waals surface area contributed by atoms with Gasteiger partial charge >= 0.3 is 0 Å². The average molecular weight is 1680 g/mol. The number of hydrogen-bond acceptors (Lipinski definition) is 8. The van der Waals surface area contributed by atoms with E-state index in [1.807, 2.05) is 82.5 Å². The molecule has 10 heterocycles. The van der Waals surface area contributed by atoms with Crippen LogP contribution >= 0.6 is 34.0 Å². The maximum Gasteiger partial charge on any atom is 0.270 e. The Morgan fingerprint density at radius 3 is 1.06 bits per heavy atom. The van der Waals surface area contributed by atoms with Crippen molar-refractivity contribution in [2.45, 2.75) is 157 Å². The molecule has 5 aromatic heterocycles. The van der Waals surface area contributed by atoms with Gasteiger partial charge in [0.1, 0.15) is 57.5 Å². The summed E-state index contributed by atoms with van der Waals surface area (Å²) in [7, 11) is 0. The topological polar surface area (TPSA) is 50.6 Å². The molecule has 0 radical (unpaired) electrons. The van der Waals surface area contributed by atoms with E-state index in [0.29, 0.717) is 0 Å². The molecule has 15 aromatic carbocycles. The monoisotopic (exact) mass is 1680 g/mol. The minimum atomic E-state index is 0.0121. The van der Waals surface area contributed by atoms with Crippen LogP contribution < -0.4 is 56.5 Å². The molecule has 0 aliphatic carbocycles. The van der Waals surface area contributed by atoms with Crippen LogP contribution in [0.2, 0.25) is 0 Å². The molecule has 6 nitrogen and oxygen atoms in total. The van der Waals surface area contributed by atoms with Gasteiger partial charge in [-0.1, -0.05) is 307 Å². The van der Waals surface area contributed by atoms with Crippen molar-refractivity contribution in [2.75, 3.05) is 0 Å². The highest BCUT2D eigenvalue weighted by molar-refractivity contribution is 7.26. The molecule has 0 unspecified atom stereocenters. The Kier molecular flexibility index (Phi) is 19.7. The zero-order valence-electron chi connectivity index (χ0n) is 74.7. The molecule has 0 spiro atoms. The van der Waals surface area contributed by atoms with Crippen LogP contribution in [0.15, 0.2) is 297 Å². The maximum atomic E-state index is 6.33. The van der Waals surface area contributed by atoms with E-state index in [1.165, 1.54) is 143 Å². The Bertz CT molecular complexity index is 7450. The Balaban J connectivity index is 0.0000000957. The van der Waals surface area contributed by atoms with Crippen LogP contribution in [0.25, 0.3) is 98.6 Å². The number of ether oxygens (including phenoxy) is 5. The third-order valence-electron chi connectivity index (χ3n) is 25.4. The second-order valence-electron chi connectivity index (χ2n) is 40.2. The fraction of sp³-hybridized carbons (Fsp3) is 0.211. The molecule has 0 amide bonds. The van der Waals surface area contributed by atoms with E-state index in [2.05, 4.69) is 378 Å². The third-order valence-corrected chi connectivity index (χ3v) is 28.9. The van der Waals surface area contributed by atoms with E-state index >= 15 is 0 Å². The summed E-state index contributed by atoms with van der Waals surface area (Å²) in [6.07, 6.45) is 0. The standard InChI is InChI=1S/C22H17BO3.C22H19BO2.C22H19N.3C16H16S/c1-22(2,3)12-10-17-21-18(11-12)26-16-9-5-7-14-20(16)23(21)19-13(24-14)6-4-8-15(19)25-17;1-22(2,3)14-12-19-21-20(13-14)25-18-11-7-5-9-16(18)23(21)15-8-4-6-10-17(15)24-19;1-22(2,3)14-12-17-15-8-4-6-10-19(15)23-20-11-7-5-9-16(20)18(13-14)21(17)23;1-16(2,3)13-9-6-8-12-11-7-4-5-10-14(11)17-15(12)13;1-16(2,3)12-8-6-10-14-15(12)11-7-4-5-9-13(11)17-14;1-16(2,3)11-8-9-13-12-6-4-5-7-14(12)17-15(13)10-11/h4-11H,1-3H3;4-13H,1-3H3;4-13H,1-3H3;3*4-10H,1-3H3. The van der Waals surface area contributed by atoms with Gasteiger partial charge in [0.2, 0.25) is 0 Å². The molecular weight excluding hydrogens is 1580 g/mol. The van der Waals surface area contributed by atoms with Gasteiger partial charge in [-0.2, -0.15) is 0 Å². The molecule has 125 heavy (non-hydrogen) atoms. The number of benzene rings is 15. The lowest BCUT2D eigenvalue weighted by Gasteiger charge is -2.38. The quantitative estimate of drug-likeness (QED) is 0.142. The van der Waals surface area contributed by atoms with Crippen molar-refractivity contribution in [2.24, 2.45) is 0 Å². The van der Waals surface area contributed by atoms with Crippen LogP contribution in [0.4, 0.5) is 0 Å². The number of fused-ring (bicyclic) bond motifs is 19. The Morgan fingerprint density at radius 2 is 0.560 bits per heavy atom. The molecule has 618 valence electrons. The molecule has 20 aromatic rings. The van der Waals surface area contributed by atoms with Crippen LogP contribution in [0.5, 0.6) is 57.5 Å². The van der Waals surface area contributed by atoms with E-state index in [9.17, 15) is 0 Å². The van der Waals surface area contributed by atoms with Crippen molar-refractivity contribution >= 4 is 179 Å². The summed E-state index contributed by atoms with van der Waals surface area (Å²) in [4.78, 5) is 0. The highest BCUT2D eigenvalue weighted by atomic mass is 32.1. The minimum absolute atomic E-state index is 0.0121. The Labute approximate surface area is 746 Å². The van der Waals surface area contributed by atoms with Crippen LogP contribution in [0, 0.1) is 0 Å². The van der Waals surface area contributed by atoms with Gasteiger partial charge in [0.15, 0.2) is 0 Å². The van der Waals surface area contributed by atoms with Crippen LogP contribution in [0.3, 0.4) is 0 Å². The summed E-state index contributed by atoms with van der Waals surface area (Å²) >= 11 is 5.70. The zero-order valence-corrected chi connectivity index (χ0v) is 77.1.